The summed E-state index contributed by atoms with van der Waals surface area (Å²) in [7, 11) is 0. The van der Waals surface area contributed by atoms with Crippen molar-refractivity contribution in [2.24, 2.45) is 5.84 Å². The van der Waals surface area contributed by atoms with Gasteiger partial charge in [0.1, 0.15) is 6.54 Å². The molecule has 0 saturated heterocycles. The molecule has 0 fully saturated rings. The van der Waals surface area contributed by atoms with Crippen LogP contribution in [-0.2, 0) is 6.54 Å². The van der Waals surface area contributed by atoms with Crippen LogP contribution in [0.1, 0.15) is 22.2 Å². The van der Waals surface area contributed by atoms with E-state index in [1.807, 2.05) is 5.43 Å². The van der Waals surface area contributed by atoms with Crippen LogP contribution in [0, 0.1) is 17.0 Å². The van der Waals surface area contributed by atoms with Crippen molar-refractivity contribution >= 4 is 11.7 Å². The summed E-state index contributed by atoms with van der Waals surface area (Å²) in [5, 5.41) is 17.9. The molecule has 0 unspecified atom stereocenters. The standard InChI is InChI=1S/C8H9N7O4/c1-4-2-6(15(17)18)12-14(4)3-5-10-8(19-13-5)7(16)11-9/h2H,3,9H2,1H3,(H,11,16). The molecule has 0 radical (unpaired) electrons. The molecular formula is C8H9N7O4. The fraction of sp³-hybridized carbons (Fsp3) is 0.250. The maximum absolute atomic E-state index is 11.1. The van der Waals surface area contributed by atoms with Crippen molar-refractivity contribution in [1.82, 2.24) is 25.3 Å². The molecule has 100 valence electrons. The summed E-state index contributed by atoms with van der Waals surface area (Å²) < 4.78 is 5.98. The predicted molar refractivity (Wildman–Crippen MR) is 58.7 cm³/mol. The second-order valence-electron chi connectivity index (χ2n) is 3.55. The lowest BCUT2D eigenvalue weighted by Crippen LogP contribution is -2.30. The molecule has 0 aliphatic heterocycles. The van der Waals surface area contributed by atoms with Crippen molar-refractivity contribution in [2.75, 3.05) is 0 Å². The Morgan fingerprint density at radius 1 is 1.68 bits per heavy atom. The number of rotatable bonds is 4. The Hall–Kier alpha value is -2.82. The third kappa shape index (κ3) is 2.55. The number of hydrogen-bond acceptors (Lipinski definition) is 8. The highest BCUT2D eigenvalue weighted by molar-refractivity contribution is 5.88. The smallest absolute Gasteiger partial charge is 0.358 e. The predicted octanol–water partition coefficient (Wildman–Crippen LogP) is -0.865. The summed E-state index contributed by atoms with van der Waals surface area (Å²) in [4.78, 5) is 24.8. The van der Waals surface area contributed by atoms with E-state index in [2.05, 4.69) is 19.8 Å². The molecule has 2 aromatic rings. The summed E-state index contributed by atoms with van der Waals surface area (Å²) in [6.45, 7) is 1.69. The van der Waals surface area contributed by atoms with E-state index in [0.717, 1.165) is 0 Å². The van der Waals surface area contributed by atoms with Crippen LogP contribution in [-0.4, -0.2) is 30.8 Å². The van der Waals surface area contributed by atoms with Crippen molar-refractivity contribution < 1.29 is 14.2 Å². The molecule has 11 heteroatoms. The summed E-state index contributed by atoms with van der Waals surface area (Å²) in [5.74, 6) is 3.77. The number of nitrogens with zero attached hydrogens (tertiary/aromatic N) is 5. The average Bonchev–Trinajstić information content (AvgIpc) is 2.97. The Labute approximate surface area is 105 Å². The van der Waals surface area contributed by atoms with Gasteiger partial charge in [0.2, 0.25) is 0 Å². The van der Waals surface area contributed by atoms with Crippen molar-refractivity contribution in [2.45, 2.75) is 13.5 Å². The third-order valence-corrected chi connectivity index (χ3v) is 2.24. The van der Waals surface area contributed by atoms with Gasteiger partial charge in [-0.3, -0.25) is 10.2 Å². The van der Waals surface area contributed by atoms with Crippen molar-refractivity contribution in [3.05, 3.63) is 33.6 Å². The number of nitro groups is 1. The molecule has 1 amide bonds. The first-order valence-electron chi connectivity index (χ1n) is 5.03. The van der Waals surface area contributed by atoms with Crippen molar-refractivity contribution in [3.8, 4) is 0 Å². The Bertz CT molecular complexity index is 631. The molecule has 0 aliphatic carbocycles. The lowest BCUT2D eigenvalue weighted by Gasteiger charge is -1.93. The number of nitrogen functional groups attached to an aromatic ring is 1. The van der Waals surface area contributed by atoms with Crippen molar-refractivity contribution in [3.63, 3.8) is 0 Å². The lowest BCUT2D eigenvalue weighted by atomic mass is 10.4. The zero-order valence-corrected chi connectivity index (χ0v) is 9.73. The van der Waals surface area contributed by atoms with Gasteiger partial charge < -0.3 is 14.6 Å². The summed E-state index contributed by atoms with van der Waals surface area (Å²) in [6.07, 6.45) is 0. The van der Waals surface area contributed by atoms with Crippen LogP contribution in [0.25, 0.3) is 0 Å². The van der Waals surface area contributed by atoms with Gasteiger partial charge in [-0.15, -0.1) is 0 Å². The molecule has 2 rings (SSSR count). The van der Waals surface area contributed by atoms with Crippen LogP contribution >= 0.6 is 0 Å². The third-order valence-electron chi connectivity index (χ3n) is 2.24. The highest BCUT2D eigenvalue weighted by atomic mass is 16.6. The fourth-order valence-electron chi connectivity index (χ4n) is 1.35. The first-order chi connectivity index (χ1) is 9.01. The van der Waals surface area contributed by atoms with Gasteiger partial charge in [0.15, 0.2) is 5.82 Å². The van der Waals surface area contributed by atoms with E-state index in [0.29, 0.717) is 5.69 Å². The highest BCUT2D eigenvalue weighted by Gasteiger charge is 2.19. The van der Waals surface area contributed by atoms with Gasteiger partial charge in [-0.05, 0) is 11.8 Å². The number of nitrogens with one attached hydrogen (secondary N) is 1. The molecule has 0 aliphatic rings. The van der Waals surface area contributed by atoms with Gasteiger partial charge in [0.25, 0.3) is 0 Å². The van der Waals surface area contributed by atoms with E-state index in [1.54, 1.807) is 6.92 Å². The number of amides is 1. The molecule has 11 nitrogen and oxygen atoms in total. The molecule has 19 heavy (non-hydrogen) atoms. The van der Waals surface area contributed by atoms with Crippen LogP contribution in [0.15, 0.2) is 10.6 Å². The summed E-state index contributed by atoms with van der Waals surface area (Å²) in [6, 6.07) is 1.31. The Morgan fingerprint density at radius 3 is 3.00 bits per heavy atom. The molecule has 0 spiro atoms. The molecule has 0 saturated carbocycles. The van der Waals surface area contributed by atoms with Gasteiger partial charge in [-0.25, -0.2) is 5.84 Å². The Kier molecular flexibility index (Phi) is 3.20. The molecule has 0 aromatic carbocycles. The largest absolute Gasteiger partial charge is 0.390 e. The topological polar surface area (TPSA) is 155 Å². The van der Waals surface area contributed by atoms with Gasteiger partial charge in [-0.1, -0.05) is 5.16 Å². The van der Waals surface area contributed by atoms with E-state index in [4.69, 9.17) is 5.84 Å². The molecular weight excluding hydrogens is 258 g/mol. The maximum atomic E-state index is 11.1. The van der Waals surface area contributed by atoms with Gasteiger partial charge in [-0.2, -0.15) is 9.67 Å². The first kappa shape index (κ1) is 12.6. The van der Waals surface area contributed by atoms with Gasteiger partial charge in [0, 0.05) is 0 Å². The minimum absolute atomic E-state index is 0.0427. The van der Waals surface area contributed by atoms with Crippen LogP contribution in [0.4, 0.5) is 5.82 Å². The van der Waals surface area contributed by atoms with E-state index in [-0.39, 0.29) is 24.1 Å². The summed E-state index contributed by atoms with van der Waals surface area (Å²) in [5.41, 5.74) is 2.40. The lowest BCUT2D eigenvalue weighted by molar-refractivity contribution is -0.389. The van der Waals surface area contributed by atoms with Crippen LogP contribution in [0.2, 0.25) is 0 Å². The van der Waals surface area contributed by atoms with Crippen LogP contribution < -0.4 is 11.3 Å². The number of hydrogen-bond donors (Lipinski definition) is 2. The molecule has 0 atom stereocenters. The zero-order chi connectivity index (χ0) is 14.0. The number of hydrazine groups is 1. The number of nitrogens with two attached hydrogens (primary N) is 1. The number of aromatic nitrogens is 4. The highest BCUT2D eigenvalue weighted by Crippen LogP contribution is 2.12. The van der Waals surface area contributed by atoms with E-state index in [1.165, 1.54) is 10.7 Å². The number of aryl methyl sites for hydroxylation is 1. The Morgan fingerprint density at radius 2 is 2.42 bits per heavy atom. The normalized spacial score (nSPS) is 10.4. The summed E-state index contributed by atoms with van der Waals surface area (Å²) >= 11 is 0. The minimum atomic E-state index is -0.720. The minimum Gasteiger partial charge on any atom is -0.358 e. The second-order valence-corrected chi connectivity index (χ2v) is 3.55. The number of carbonyl (C=O) groups is 1. The van der Waals surface area contributed by atoms with Crippen LogP contribution in [0.5, 0.6) is 0 Å². The van der Waals surface area contributed by atoms with Gasteiger partial charge in [0.05, 0.1) is 16.9 Å². The van der Waals surface area contributed by atoms with Gasteiger partial charge >= 0.3 is 17.6 Å². The van der Waals surface area contributed by atoms with E-state index in [9.17, 15) is 14.9 Å². The first-order valence-corrected chi connectivity index (χ1v) is 5.03. The van der Waals surface area contributed by atoms with Crippen LogP contribution in [0.3, 0.4) is 0 Å². The molecule has 2 heterocycles. The molecule has 2 aromatic heterocycles. The maximum Gasteiger partial charge on any atom is 0.390 e. The molecule has 3 N–H and O–H groups in total. The SMILES string of the molecule is Cc1cc([N+](=O)[O-])nn1Cc1noc(C(=O)NN)n1. The fourth-order valence-corrected chi connectivity index (χ4v) is 1.35. The monoisotopic (exact) mass is 267 g/mol. The number of carbonyl (C=O) groups excluding carboxylic acids is 1. The second kappa shape index (κ2) is 4.81. The van der Waals surface area contributed by atoms with Crippen molar-refractivity contribution in [1.29, 1.82) is 0 Å². The van der Waals surface area contributed by atoms with E-state index < -0.39 is 10.8 Å². The zero-order valence-electron chi connectivity index (χ0n) is 9.73. The Balaban J connectivity index is 2.19. The quantitative estimate of drug-likeness (QED) is 0.313. The molecule has 0 bridgehead atoms. The average molecular weight is 267 g/mol. The van der Waals surface area contributed by atoms with E-state index >= 15 is 0 Å².